The van der Waals surface area contributed by atoms with Gasteiger partial charge in [0.05, 0.1) is 13.2 Å². The van der Waals surface area contributed by atoms with Gasteiger partial charge in [-0.05, 0) is 6.42 Å². The summed E-state index contributed by atoms with van der Waals surface area (Å²) >= 11 is 0. The van der Waals surface area contributed by atoms with Gasteiger partial charge in [0.2, 0.25) is 0 Å². The minimum atomic E-state index is -0.983. The molecule has 5 nitrogen and oxygen atoms in total. The Balaban J connectivity index is 1.92. The number of ether oxygens (including phenoxy) is 2. The van der Waals surface area contributed by atoms with E-state index in [1.54, 1.807) is 0 Å². The van der Waals surface area contributed by atoms with Crippen LogP contribution in [0, 0.1) is 0 Å². The van der Waals surface area contributed by atoms with Crippen molar-refractivity contribution < 1.29 is 24.8 Å². The van der Waals surface area contributed by atoms with Crippen LogP contribution in [0.15, 0.2) is 0 Å². The fourth-order valence-electron chi connectivity index (χ4n) is 3.38. The third kappa shape index (κ3) is 9.90. The van der Waals surface area contributed by atoms with Crippen LogP contribution in [0.25, 0.3) is 0 Å². The standard InChI is InChI=1S/C20H40O5/c1-2-3-4-5-6-7-8-9-10-11-12-13-14-24-20-18(15-21)25-16-17(22)19(20)23/h17-23H,2-16H2,1H3/t17-,18+,19+,20+/m0/s1. The highest BCUT2D eigenvalue weighted by molar-refractivity contribution is 4.87. The van der Waals surface area contributed by atoms with Crippen LogP contribution in [-0.4, -0.2) is 59.6 Å². The Kier molecular flexibility index (Phi) is 13.6. The minimum absolute atomic E-state index is 0.0465. The third-order valence-corrected chi connectivity index (χ3v) is 5.07. The Labute approximate surface area is 153 Å². The first-order chi connectivity index (χ1) is 12.2. The molecular weight excluding hydrogens is 320 g/mol. The molecule has 0 unspecified atom stereocenters. The smallest absolute Gasteiger partial charge is 0.114 e. The van der Waals surface area contributed by atoms with Crippen LogP contribution >= 0.6 is 0 Å². The lowest BCUT2D eigenvalue weighted by molar-refractivity contribution is -0.211. The molecule has 1 saturated heterocycles. The number of aliphatic hydroxyl groups excluding tert-OH is 3. The van der Waals surface area contributed by atoms with Crippen LogP contribution in [0.1, 0.15) is 84.0 Å². The second kappa shape index (κ2) is 14.9. The maximum atomic E-state index is 9.96. The SMILES string of the molecule is CCCCCCCCCCCCCCO[C@H]1[C@H](O)[C@@H](O)CO[C@@H]1CO. The zero-order valence-corrected chi connectivity index (χ0v) is 16.1. The van der Waals surface area contributed by atoms with Gasteiger partial charge in [-0.3, -0.25) is 0 Å². The summed E-state index contributed by atoms with van der Waals surface area (Å²) in [6, 6.07) is 0. The van der Waals surface area contributed by atoms with Crippen molar-refractivity contribution >= 4 is 0 Å². The van der Waals surface area contributed by atoms with Crippen molar-refractivity contribution in [2.24, 2.45) is 0 Å². The lowest BCUT2D eigenvalue weighted by Crippen LogP contribution is -2.55. The lowest BCUT2D eigenvalue weighted by Gasteiger charge is -2.37. The summed E-state index contributed by atoms with van der Waals surface area (Å²) in [5.74, 6) is 0. The van der Waals surface area contributed by atoms with E-state index >= 15 is 0 Å². The summed E-state index contributed by atoms with van der Waals surface area (Å²) in [6.07, 6.45) is 12.4. The topological polar surface area (TPSA) is 79.2 Å². The fourth-order valence-corrected chi connectivity index (χ4v) is 3.38. The van der Waals surface area contributed by atoms with Crippen molar-refractivity contribution in [3.8, 4) is 0 Å². The Bertz CT molecular complexity index is 298. The molecule has 0 bridgehead atoms. The van der Waals surface area contributed by atoms with Gasteiger partial charge in [-0.25, -0.2) is 0 Å². The van der Waals surface area contributed by atoms with Gasteiger partial charge in [-0.15, -0.1) is 0 Å². The predicted molar refractivity (Wildman–Crippen MR) is 99.7 cm³/mol. The second-order valence-electron chi connectivity index (χ2n) is 7.34. The zero-order chi connectivity index (χ0) is 18.3. The molecule has 1 heterocycles. The first-order valence-electron chi connectivity index (χ1n) is 10.4. The molecule has 4 atom stereocenters. The van der Waals surface area contributed by atoms with Gasteiger partial charge in [0.15, 0.2) is 0 Å². The molecule has 1 aliphatic heterocycles. The minimum Gasteiger partial charge on any atom is -0.394 e. The van der Waals surface area contributed by atoms with Crippen molar-refractivity contribution in [3.05, 3.63) is 0 Å². The van der Waals surface area contributed by atoms with E-state index in [4.69, 9.17) is 9.47 Å². The van der Waals surface area contributed by atoms with E-state index in [0.29, 0.717) is 6.61 Å². The molecule has 0 amide bonds. The second-order valence-corrected chi connectivity index (χ2v) is 7.34. The lowest BCUT2D eigenvalue weighted by atomic mass is 10.0. The molecule has 0 spiro atoms. The molecule has 0 radical (unpaired) electrons. The van der Waals surface area contributed by atoms with Crippen molar-refractivity contribution in [3.63, 3.8) is 0 Å². The van der Waals surface area contributed by atoms with Crippen LogP contribution in [0.5, 0.6) is 0 Å². The summed E-state index contributed by atoms with van der Waals surface area (Å²) in [5, 5.41) is 28.9. The van der Waals surface area contributed by atoms with Crippen LogP contribution in [0.2, 0.25) is 0 Å². The van der Waals surface area contributed by atoms with Crippen molar-refractivity contribution in [2.45, 2.75) is 108 Å². The molecule has 1 rings (SSSR count). The van der Waals surface area contributed by atoms with E-state index in [9.17, 15) is 15.3 Å². The van der Waals surface area contributed by atoms with Gasteiger partial charge in [0.25, 0.3) is 0 Å². The molecule has 150 valence electrons. The molecule has 1 fully saturated rings. The maximum Gasteiger partial charge on any atom is 0.114 e. The third-order valence-electron chi connectivity index (χ3n) is 5.07. The molecule has 0 aromatic heterocycles. The van der Waals surface area contributed by atoms with E-state index in [1.165, 1.54) is 64.2 Å². The van der Waals surface area contributed by atoms with Gasteiger partial charge >= 0.3 is 0 Å². The van der Waals surface area contributed by atoms with Crippen molar-refractivity contribution in [1.82, 2.24) is 0 Å². The van der Waals surface area contributed by atoms with E-state index in [1.807, 2.05) is 0 Å². The molecule has 5 heteroatoms. The maximum absolute atomic E-state index is 9.96. The summed E-state index contributed by atoms with van der Waals surface area (Å²) < 4.78 is 11.0. The van der Waals surface area contributed by atoms with Gasteiger partial charge in [0.1, 0.15) is 24.4 Å². The predicted octanol–water partition coefficient (Wildman–Crippen LogP) is 3.19. The molecule has 0 aromatic rings. The van der Waals surface area contributed by atoms with Crippen LogP contribution in [0.3, 0.4) is 0 Å². The summed E-state index contributed by atoms with van der Waals surface area (Å²) in [5.41, 5.74) is 0. The van der Waals surface area contributed by atoms with E-state index < -0.39 is 24.4 Å². The average molecular weight is 361 g/mol. The van der Waals surface area contributed by atoms with Crippen molar-refractivity contribution in [2.75, 3.05) is 19.8 Å². The summed E-state index contributed by atoms with van der Waals surface area (Å²) in [7, 11) is 0. The highest BCUT2D eigenvalue weighted by atomic mass is 16.6. The van der Waals surface area contributed by atoms with Crippen LogP contribution < -0.4 is 0 Å². The van der Waals surface area contributed by atoms with Gasteiger partial charge in [-0.1, -0.05) is 77.6 Å². The Hall–Kier alpha value is -0.200. The first-order valence-corrected chi connectivity index (χ1v) is 10.4. The highest BCUT2D eigenvalue weighted by Gasteiger charge is 2.39. The quantitative estimate of drug-likeness (QED) is 0.391. The van der Waals surface area contributed by atoms with Crippen LogP contribution in [0.4, 0.5) is 0 Å². The normalized spacial score (nSPS) is 26.9. The number of unbranched alkanes of at least 4 members (excludes halogenated alkanes) is 11. The number of hydrogen-bond donors (Lipinski definition) is 3. The van der Waals surface area contributed by atoms with Crippen LogP contribution in [-0.2, 0) is 9.47 Å². The Morgan fingerprint density at radius 3 is 1.88 bits per heavy atom. The molecule has 0 aromatic carbocycles. The van der Waals surface area contributed by atoms with Gasteiger partial charge in [-0.2, -0.15) is 0 Å². The summed E-state index contributed by atoms with van der Waals surface area (Å²) in [4.78, 5) is 0. The molecule has 1 aliphatic rings. The van der Waals surface area contributed by atoms with Gasteiger partial charge in [0, 0.05) is 6.61 Å². The molecule has 3 N–H and O–H groups in total. The van der Waals surface area contributed by atoms with Crippen molar-refractivity contribution in [1.29, 1.82) is 0 Å². The van der Waals surface area contributed by atoms with E-state index in [-0.39, 0.29) is 13.2 Å². The highest BCUT2D eigenvalue weighted by Crippen LogP contribution is 2.19. The number of aliphatic hydroxyl groups is 3. The fraction of sp³-hybridized carbons (Fsp3) is 1.00. The zero-order valence-electron chi connectivity index (χ0n) is 16.1. The largest absolute Gasteiger partial charge is 0.394 e. The molecule has 25 heavy (non-hydrogen) atoms. The summed E-state index contributed by atoms with van der Waals surface area (Å²) in [6.45, 7) is 2.63. The Morgan fingerprint density at radius 1 is 0.840 bits per heavy atom. The monoisotopic (exact) mass is 360 g/mol. The Morgan fingerprint density at radius 2 is 1.36 bits per heavy atom. The number of rotatable bonds is 15. The molecular formula is C20H40O5. The number of hydrogen-bond acceptors (Lipinski definition) is 5. The first kappa shape index (κ1) is 22.8. The molecule has 0 saturated carbocycles. The average Bonchev–Trinajstić information content (AvgIpc) is 2.62. The molecule has 0 aliphatic carbocycles. The van der Waals surface area contributed by atoms with E-state index in [2.05, 4.69) is 6.92 Å². The van der Waals surface area contributed by atoms with E-state index in [0.717, 1.165) is 12.8 Å². The van der Waals surface area contributed by atoms with Gasteiger partial charge < -0.3 is 24.8 Å².